The van der Waals surface area contributed by atoms with E-state index in [9.17, 15) is 4.79 Å². The van der Waals surface area contributed by atoms with Gasteiger partial charge in [0.15, 0.2) is 0 Å². The van der Waals surface area contributed by atoms with Crippen molar-refractivity contribution in [1.29, 1.82) is 0 Å². The summed E-state index contributed by atoms with van der Waals surface area (Å²) >= 11 is 0. The Kier molecular flexibility index (Phi) is 7.82. The van der Waals surface area contributed by atoms with Gasteiger partial charge in [-0.3, -0.25) is 4.79 Å². The second-order valence-electron chi connectivity index (χ2n) is 8.01. The summed E-state index contributed by atoms with van der Waals surface area (Å²) in [7, 11) is 0. The first-order chi connectivity index (χ1) is 14.2. The predicted molar refractivity (Wildman–Crippen MR) is 132 cm³/mol. The second-order valence-corrected chi connectivity index (χ2v) is 8.01. The molecular weight excluding hydrogens is 368 g/mol. The van der Waals surface area contributed by atoms with E-state index in [0.29, 0.717) is 11.4 Å². The summed E-state index contributed by atoms with van der Waals surface area (Å²) in [6.07, 6.45) is 3.55. The highest BCUT2D eigenvalue weighted by Gasteiger charge is 2.16. The van der Waals surface area contributed by atoms with Crippen molar-refractivity contribution in [3.63, 3.8) is 0 Å². The molecule has 0 bridgehead atoms. The molecule has 30 heavy (non-hydrogen) atoms. The predicted octanol–water partition coefficient (Wildman–Crippen LogP) is 7.67. The van der Waals surface area contributed by atoms with Crippen LogP contribution in [0.25, 0.3) is 12.2 Å². The molecule has 0 aromatic heterocycles. The van der Waals surface area contributed by atoms with Gasteiger partial charge in [0.2, 0.25) is 5.78 Å². The zero-order valence-electron chi connectivity index (χ0n) is 19.0. The van der Waals surface area contributed by atoms with E-state index in [4.69, 9.17) is 9.98 Å². The molecule has 0 heterocycles. The molecule has 0 aliphatic carbocycles. The zero-order valence-corrected chi connectivity index (χ0v) is 19.0. The summed E-state index contributed by atoms with van der Waals surface area (Å²) in [5.41, 5.74) is 6.45. The average molecular weight is 401 g/mol. The van der Waals surface area contributed by atoms with Crippen LogP contribution in [-0.2, 0) is 4.79 Å². The lowest BCUT2D eigenvalue weighted by Crippen LogP contribution is -2.19. The zero-order chi connectivity index (χ0) is 22.4. The minimum Gasteiger partial charge on any atom is -0.286 e. The van der Waals surface area contributed by atoms with Crippen LogP contribution < -0.4 is 0 Å². The topological polar surface area (TPSA) is 41.8 Å². The molecule has 0 saturated carbocycles. The van der Waals surface area contributed by atoms with E-state index in [2.05, 4.69) is 40.9 Å². The van der Waals surface area contributed by atoms with Gasteiger partial charge in [-0.25, -0.2) is 9.98 Å². The van der Waals surface area contributed by atoms with Gasteiger partial charge in [-0.2, -0.15) is 0 Å². The number of para-hydroxylation sites is 2. The third-order valence-electron chi connectivity index (χ3n) is 5.10. The molecule has 0 radical (unpaired) electrons. The minimum absolute atomic E-state index is 0.169. The van der Waals surface area contributed by atoms with Crippen molar-refractivity contribution >= 4 is 40.7 Å². The number of hydrogen-bond donors (Lipinski definition) is 0. The number of benzene rings is 2. The van der Waals surface area contributed by atoms with Gasteiger partial charge >= 0.3 is 0 Å². The lowest BCUT2D eigenvalue weighted by molar-refractivity contribution is -0.107. The molecule has 0 N–H and O–H groups in total. The molecule has 0 spiro atoms. The Bertz CT molecular complexity index is 942. The molecule has 3 heteroatoms. The van der Waals surface area contributed by atoms with Gasteiger partial charge in [-0.15, -0.1) is 0 Å². The van der Waals surface area contributed by atoms with E-state index in [1.807, 2.05) is 36.4 Å². The maximum absolute atomic E-state index is 13.1. The third kappa shape index (κ3) is 5.10. The van der Waals surface area contributed by atoms with Gasteiger partial charge in [0.1, 0.15) is 0 Å². The van der Waals surface area contributed by atoms with E-state index in [1.54, 1.807) is 26.0 Å². The van der Waals surface area contributed by atoms with Crippen LogP contribution in [0.5, 0.6) is 0 Å². The number of ketones is 1. The van der Waals surface area contributed by atoms with Gasteiger partial charge in [0, 0.05) is 0 Å². The first kappa shape index (κ1) is 23.2. The molecule has 2 rings (SSSR count). The Balaban J connectivity index is 2.53. The van der Waals surface area contributed by atoms with Crippen molar-refractivity contribution < 1.29 is 4.79 Å². The van der Waals surface area contributed by atoms with Crippen LogP contribution in [-0.4, -0.2) is 17.2 Å². The number of Topliss-reactive ketones (excluding diaryl/α,β-unsaturated/α-hetero) is 1. The van der Waals surface area contributed by atoms with Gasteiger partial charge in [-0.1, -0.05) is 89.4 Å². The van der Waals surface area contributed by atoms with E-state index in [1.165, 1.54) is 0 Å². The number of aliphatic imine (C=N–C) groups is 2. The molecule has 2 aromatic carbocycles. The van der Waals surface area contributed by atoms with E-state index < -0.39 is 0 Å². The summed E-state index contributed by atoms with van der Waals surface area (Å²) in [5.74, 6) is 0.404. The summed E-state index contributed by atoms with van der Waals surface area (Å²) in [6.45, 7) is 19.7. The lowest BCUT2D eigenvalue weighted by Gasteiger charge is -2.14. The number of hydrogen-bond acceptors (Lipinski definition) is 3. The molecule has 0 saturated heterocycles. The van der Waals surface area contributed by atoms with Gasteiger partial charge in [0.05, 0.1) is 22.8 Å². The molecular formula is C27H32N2O. The van der Waals surface area contributed by atoms with Crippen LogP contribution in [0, 0.1) is 0 Å². The van der Waals surface area contributed by atoms with Gasteiger partial charge in [-0.05, 0) is 47.9 Å². The first-order valence-corrected chi connectivity index (χ1v) is 10.4. The maximum Gasteiger partial charge on any atom is 0.220 e. The Morgan fingerprint density at radius 2 is 1.13 bits per heavy atom. The highest BCUT2D eigenvalue weighted by Crippen LogP contribution is 2.33. The largest absolute Gasteiger partial charge is 0.286 e. The molecule has 156 valence electrons. The average Bonchev–Trinajstić information content (AvgIpc) is 2.72. The molecule has 0 aliphatic rings. The summed E-state index contributed by atoms with van der Waals surface area (Å²) < 4.78 is 0. The molecule has 0 fully saturated rings. The Morgan fingerprint density at radius 1 is 0.767 bits per heavy atom. The maximum atomic E-state index is 13.1. The normalized spacial score (nSPS) is 12.4. The standard InChI is InChI=1S/C27H32N2O/c1-9-21-13-11-15-23(17(3)4)25(21)28-19(7)27(30)20(8)29-26-22(10-2)14-12-16-24(26)18(5)6/h9-18H,1-2H2,3-8H3/b28-19+,29-20+. The Morgan fingerprint density at radius 3 is 1.43 bits per heavy atom. The minimum atomic E-state index is -0.169. The molecule has 0 atom stereocenters. The van der Waals surface area contributed by atoms with Gasteiger partial charge < -0.3 is 0 Å². The number of carbonyl (C=O) groups is 1. The van der Waals surface area contributed by atoms with Crippen LogP contribution >= 0.6 is 0 Å². The Hall–Kier alpha value is -3.07. The van der Waals surface area contributed by atoms with E-state index in [-0.39, 0.29) is 17.6 Å². The molecule has 0 unspecified atom stereocenters. The molecule has 0 amide bonds. The van der Waals surface area contributed by atoms with Crippen molar-refractivity contribution in [2.45, 2.75) is 53.4 Å². The fourth-order valence-corrected chi connectivity index (χ4v) is 3.38. The third-order valence-corrected chi connectivity index (χ3v) is 5.10. The number of rotatable bonds is 8. The van der Waals surface area contributed by atoms with Crippen molar-refractivity contribution in [1.82, 2.24) is 0 Å². The fourth-order valence-electron chi connectivity index (χ4n) is 3.38. The van der Waals surface area contributed by atoms with Crippen molar-refractivity contribution in [2.24, 2.45) is 9.98 Å². The van der Waals surface area contributed by atoms with Crippen LogP contribution in [0.4, 0.5) is 11.4 Å². The van der Waals surface area contributed by atoms with Crippen LogP contribution in [0.3, 0.4) is 0 Å². The smallest absolute Gasteiger partial charge is 0.220 e. The summed E-state index contributed by atoms with van der Waals surface area (Å²) in [5, 5.41) is 0. The number of nitrogens with zero attached hydrogens (tertiary/aromatic N) is 2. The Labute approximate surface area is 181 Å². The van der Waals surface area contributed by atoms with Crippen LogP contribution in [0.15, 0.2) is 59.5 Å². The number of carbonyl (C=O) groups excluding carboxylic acids is 1. The van der Waals surface area contributed by atoms with E-state index in [0.717, 1.165) is 33.6 Å². The highest BCUT2D eigenvalue weighted by molar-refractivity contribution is 6.66. The van der Waals surface area contributed by atoms with Crippen molar-refractivity contribution in [2.75, 3.05) is 0 Å². The van der Waals surface area contributed by atoms with Crippen molar-refractivity contribution in [3.05, 3.63) is 71.8 Å². The highest BCUT2D eigenvalue weighted by atomic mass is 16.1. The molecule has 3 nitrogen and oxygen atoms in total. The molecule has 0 aliphatic heterocycles. The van der Waals surface area contributed by atoms with Crippen molar-refractivity contribution in [3.8, 4) is 0 Å². The van der Waals surface area contributed by atoms with E-state index >= 15 is 0 Å². The SMILES string of the molecule is C=Cc1cccc(C(C)C)c1/N=C(\C)C(=O)/C(C)=N/c1c(C=C)cccc1C(C)C. The quantitative estimate of drug-likeness (QED) is 0.419. The molecule has 2 aromatic rings. The summed E-state index contributed by atoms with van der Waals surface area (Å²) in [6, 6.07) is 12.0. The lowest BCUT2D eigenvalue weighted by atomic mass is 9.97. The van der Waals surface area contributed by atoms with Crippen LogP contribution in [0.1, 0.15) is 75.6 Å². The van der Waals surface area contributed by atoms with Gasteiger partial charge in [0.25, 0.3) is 0 Å². The first-order valence-electron chi connectivity index (χ1n) is 10.4. The summed E-state index contributed by atoms with van der Waals surface area (Å²) in [4.78, 5) is 22.5. The monoisotopic (exact) mass is 400 g/mol. The fraction of sp³-hybridized carbons (Fsp3) is 0.296. The van der Waals surface area contributed by atoms with Crippen LogP contribution in [0.2, 0.25) is 0 Å². The second kappa shape index (κ2) is 10.1.